The van der Waals surface area contributed by atoms with Gasteiger partial charge in [0.25, 0.3) is 0 Å². The maximum absolute atomic E-state index is 13.9. The number of hydrogen-bond donors (Lipinski definition) is 0. The molecule has 2 aromatic carbocycles. The van der Waals surface area contributed by atoms with Gasteiger partial charge in [-0.15, -0.1) is 0 Å². The van der Waals surface area contributed by atoms with Crippen LogP contribution < -0.4 is 0 Å². The summed E-state index contributed by atoms with van der Waals surface area (Å²) in [5, 5.41) is 10.4. The van der Waals surface area contributed by atoms with Gasteiger partial charge in [0.05, 0.1) is 17.0 Å². The predicted molar refractivity (Wildman–Crippen MR) is 127 cm³/mol. The van der Waals surface area contributed by atoms with E-state index >= 15 is 0 Å². The first kappa shape index (κ1) is 25.3. The number of halogens is 3. The van der Waals surface area contributed by atoms with Gasteiger partial charge in [-0.25, -0.2) is 0 Å². The van der Waals surface area contributed by atoms with Crippen molar-refractivity contribution in [2.24, 2.45) is 5.92 Å². The van der Waals surface area contributed by atoms with Crippen LogP contribution in [0.2, 0.25) is 0 Å². The van der Waals surface area contributed by atoms with E-state index in [4.69, 9.17) is 0 Å². The van der Waals surface area contributed by atoms with Crippen molar-refractivity contribution in [2.45, 2.75) is 69.9 Å². The molecule has 0 saturated heterocycles. The smallest absolute Gasteiger partial charge is 0.303 e. The molecule has 1 unspecified atom stereocenters. The van der Waals surface area contributed by atoms with Gasteiger partial charge in [0, 0.05) is 6.54 Å². The lowest BCUT2D eigenvalue weighted by molar-refractivity contribution is -0.138. The SMILES string of the molecule is CCN(CCCC(C#N)(c1ccccc1C(F)(F)F)C1CCCCC1)CCc1ccccc1. The van der Waals surface area contributed by atoms with Crippen molar-refractivity contribution in [3.63, 3.8) is 0 Å². The van der Waals surface area contributed by atoms with Gasteiger partial charge in [-0.3, -0.25) is 0 Å². The Morgan fingerprint density at radius 1 is 0.909 bits per heavy atom. The van der Waals surface area contributed by atoms with Crippen LogP contribution >= 0.6 is 0 Å². The highest BCUT2D eigenvalue weighted by atomic mass is 19.4. The van der Waals surface area contributed by atoms with Gasteiger partial charge in [0.2, 0.25) is 0 Å². The molecule has 0 aromatic heterocycles. The molecule has 3 rings (SSSR count). The molecule has 0 bridgehead atoms. The van der Waals surface area contributed by atoms with Crippen LogP contribution in [0.4, 0.5) is 13.2 Å². The van der Waals surface area contributed by atoms with Crippen molar-refractivity contribution in [3.8, 4) is 6.07 Å². The fraction of sp³-hybridized carbons (Fsp3) is 0.536. The first-order valence-corrected chi connectivity index (χ1v) is 12.2. The molecule has 0 amide bonds. The van der Waals surface area contributed by atoms with Gasteiger partial charge in [0.1, 0.15) is 0 Å². The maximum atomic E-state index is 13.9. The predicted octanol–water partition coefficient (Wildman–Crippen LogP) is 7.39. The zero-order valence-corrected chi connectivity index (χ0v) is 19.6. The Labute approximate surface area is 196 Å². The number of rotatable bonds is 10. The number of likely N-dealkylation sites (N-methyl/N-ethyl adjacent to an activating group) is 1. The normalized spacial score (nSPS) is 17.0. The average molecular weight is 457 g/mol. The third kappa shape index (κ3) is 6.38. The van der Waals surface area contributed by atoms with E-state index in [1.54, 1.807) is 12.1 Å². The van der Waals surface area contributed by atoms with Crippen molar-refractivity contribution < 1.29 is 13.2 Å². The molecule has 0 heterocycles. The lowest BCUT2D eigenvalue weighted by Gasteiger charge is -2.39. The van der Waals surface area contributed by atoms with Crippen LogP contribution in [0.25, 0.3) is 0 Å². The van der Waals surface area contributed by atoms with Gasteiger partial charge in [-0.2, -0.15) is 18.4 Å². The van der Waals surface area contributed by atoms with E-state index in [0.717, 1.165) is 64.2 Å². The maximum Gasteiger partial charge on any atom is 0.416 e. The van der Waals surface area contributed by atoms with Crippen molar-refractivity contribution in [2.75, 3.05) is 19.6 Å². The molecule has 178 valence electrons. The van der Waals surface area contributed by atoms with Crippen LogP contribution in [0.5, 0.6) is 0 Å². The van der Waals surface area contributed by atoms with Gasteiger partial charge in [0.15, 0.2) is 0 Å². The molecule has 0 N–H and O–H groups in total. The van der Waals surface area contributed by atoms with E-state index in [-0.39, 0.29) is 11.5 Å². The third-order valence-corrected chi connectivity index (χ3v) is 7.27. The minimum atomic E-state index is -4.46. The Morgan fingerprint density at radius 3 is 2.15 bits per heavy atom. The Kier molecular flexibility index (Phi) is 8.97. The minimum Gasteiger partial charge on any atom is -0.303 e. The Balaban J connectivity index is 1.79. The molecule has 1 fully saturated rings. The fourth-order valence-corrected chi connectivity index (χ4v) is 5.42. The Morgan fingerprint density at radius 2 is 1.55 bits per heavy atom. The Hall–Kier alpha value is -2.32. The summed E-state index contributed by atoms with van der Waals surface area (Å²) in [5.74, 6) is -0.0286. The van der Waals surface area contributed by atoms with Crippen LogP contribution in [0.15, 0.2) is 54.6 Å². The highest BCUT2D eigenvalue weighted by Gasteiger charge is 2.46. The Bertz CT molecular complexity index is 897. The average Bonchev–Trinajstić information content (AvgIpc) is 2.84. The second kappa shape index (κ2) is 11.7. The summed E-state index contributed by atoms with van der Waals surface area (Å²) in [6.45, 7) is 4.69. The van der Waals surface area contributed by atoms with E-state index in [0.29, 0.717) is 12.8 Å². The molecular formula is C28H35F3N2. The van der Waals surface area contributed by atoms with Gasteiger partial charge < -0.3 is 4.90 Å². The second-order valence-corrected chi connectivity index (χ2v) is 9.23. The molecule has 2 nitrogen and oxygen atoms in total. The first-order chi connectivity index (χ1) is 15.9. The molecule has 1 atom stereocenters. The number of nitriles is 1. The molecule has 1 saturated carbocycles. The topological polar surface area (TPSA) is 27.0 Å². The monoisotopic (exact) mass is 456 g/mol. The minimum absolute atomic E-state index is 0.0286. The van der Waals surface area contributed by atoms with Crippen LogP contribution in [-0.4, -0.2) is 24.5 Å². The van der Waals surface area contributed by atoms with E-state index in [1.807, 2.05) is 18.2 Å². The summed E-state index contributed by atoms with van der Waals surface area (Å²) < 4.78 is 41.8. The lowest BCUT2D eigenvalue weighted by atomic mass is 9.62. The van der Waals surface area contributed by atoms with E-state index < -0.39 is 17.2 Å². The number of hydrogen-bond acceptors (Lipinski definition) is 2. The quantitative estimate of drug-likeness (QED) is 0.373. The van der Waals surface area contributed by atoms with Crippen LogP contribution in [0.3, 0.4) is 0 Å². The molecule has 1 aliphatic carbocycles. The molecule has 5 heteroatoms. The molecular weight excluding hydrogens is 421 g/mol. The van der Waals surface area contributed by atoms with Crippen LogP contribution in [0, 0.1) is 17.2 Å². The molecule has 2 aromatic rings. The number of benzene rings is 2. The van der Waals surface area contributed by atoms with Gasteiger partial charge in [-0.05, 0) is 68.3 Å². The highest BCUT2D eigenvalue weighted by molar-refractivity contribution is 5.42. The molecule has 0 radical (unpaired) electrons. The number of alkyl halides is 3. The van der Waals surface area contributed by atoms with Crippen molar-refractivity contribution in [1.82, 2.24) is 4.90 Å². The largest absolute Gasteiger partial charge is 0.416 e. The van der Waals surface area contributed by atoms with Crippen molar-refractivity contribution in [3.05, 3.63) is 71.3 Å². The summed E-state index contributed by atoms with van der Waals surface area (Å²) in [6, 6.07) is 18.5. The standard InChI is InChI=1S/C28H35F3N2/c1-2-33(21-18-23-12-5-3-6-13-23)20-11-19-27(22-32,24-14-7-4-8-15-24)25-16-9-10-17-26(25)28(29,30)31/h3,5-6,9-10,12-13,16-17,24H,2,4,7-8,11,14-15,18-21H2,1H3. The van der Waals surface area contributed by atoms with Gasteiger partial charge in [-0.1, -0.05) is 74.7 Å². The zero-order chi connectivity index (χ0) is 23.7. The summed E-state index contributed by atoms with van der Waals surface area (Å²) in [4.78, 5) is 2.34. The van der Waals surface area contributed by atoms with Gasteiger partial charge >= 0.3 is 6.18 Å². The summed E-state index contributed by atoms with van der Waals surface area (Å²) in [6.07, 6.45) is 2.37. The van der Waals surface area contributed by atoms with Crippen molar-refractivity contribution >= 4 is 0 Å². The van der Waals surface area contributed by atoms with Crippen molar-refractivity contribution in [1.29, 1.82) is 5.26 Å². The second-order valence-electron chi connectivity index (χ2n) is 9.23. The summed E-state index contributed by atoms with van der Waals surface area (Å²) in [5.41, 5.74) is -0.276. The summed E-state index contributed by atoms with van der Waals surface area (Å²) >= 11 is 0. The molecule has 1 aliphatic rings. The van der Waals surface area contributed by atoms with E-state index in [9.17, 15) is 18.4 Å². The summed E-state index contributed by atoms with van der Waals surface area (Å²) in [7, 11) is 0. The van der Waals surface area contributed by atoms with E-state index in [1.165, 1.54) is 11.6 Å². The van der Waals surface area contributed by atoms with Crippen LogP contribution in [0.1, 0.15) is 68.6 Å². The fourth-order valence-electron chi connectivity index (χ4n) is 5.42. The third-order valence-electron chi connectivity index (χ3n) is 7.27. The first-order valence-electron chi connectivity index (χ1n) is 12.2. The lowest BCUT2D eigenvalue weighted by Crippen LogP contribution is -2.38. The van der Waals surface area contributed by atoms with Crippen LogP contribution in [-0.2, 0) is 18.0 Å². The highest BCUT2D eigenvalue weighted by Crippen LogP contribution is 2.48. The molecule has 0 spiro atoms. The van der Waals surface area contributed by atoms with E-state index in [2.05, 4.69) is 30.0 Å². The number of nitrogens with zero attached hydrogens (tertiary/aromatic N) is 2. The molecule has 33 heavy (non-hydrogen) atoms. The molecule has 0 aliphatic heterocycles. The zero-order valence-electron chi connectivity index (χ0n) is 19.6.